The van der Waals surface area contributed by atoms with Crippen molar-refractivity contribution in [3.63, 3.8) is 0 Å². The minimum absolute atomic E-state index is 0.233. The van der Waals surface area contributed by atoms with E-state index >= 15 is 0 Å². The molecule has 0 rings (SSSR count). The number of nitrogens with one attached hydrogen (secondary N) is 3. The zero-order chi connectivity index (χ0) is 21.1. The van der Waals surface area contributed by atoms with Gasteiger partial charge >= 0.3 is 5.97 Å². The molecular formula is C14H25N5O8. The molecule has 0 aromatic rings. The van der Waals surface area contributed by atoms with E-state index in [9.17, 15) is 29.1 Å². The molecule has 0 aliphatic rings. The number of aliphatic carboxylic acids is 1. The van der Waals surface area contributed by atoms with Gasteiger partial charge in [0.25, 0.3) is 0 Å². The molecule has 4 unspecified atom stereocenters. The molecule has 0 aromatic carbocycles. The highest BCUT2D eigenvalue weighted by atomic mass is 16.4. The molecule has 27 heavy (non-hydrogen) atoms. The summed E-state index contributed by atoms with van der Waals surface area (Å²) in [4.78, 5) is 57.5. The third-order valence-corrected chi connectivity index (χ3v) is 3.32. The van der Waals surface area contributed by atoms with E-state index in [1.807, 2.05) is 5.32 Å². The van der Waals surface area contributed by atoms with Gasteiger partial charge in [0.2, 0.25) is 23.6 Å². The first-order valence-electron chi connectivity index (χ1n) is 7.92. The zero-order valence-electron chi connectivity index (χ0n) is 14.7. The van der Waals surface area contributed by atoms with Crippen molar-refractivity contribution in [2.24, 2.45) is 11.5 Å². The Bertz CT molecular complexity index is 568. The van der Waals surface area contributed by atoms with Gasteiger partial charge in [0, 0.05) is 6.42 Å². The molecule has 0 aromatic heterocycles. The van der Waals surface area contributed by atoms with E-state index in [0.717, 1.165) is 0 Å². The van der Waals surface area contributed by atoms with Crippen molar-refractivity contribution < 1.29 is 39.3 Å². The van der Waals surface area contributed by atoms with Crippen molar-refractivity contribution in [2.75, 3.05) is 13.2 Å². The highest BCUT2D eigenvalue weighted by Gasteiger charge is 2.31. The van der Waals surface area contributed by atoms with Gasteiger partial charge in [0.15, 0.2) is 0 Å². The number of primary amides is 1. The summed E-state index contributed by atoms with van der Waals surface area (Å²) in [5.41, 5.74) is 10.3. The molecule has 4 amide bonds. The maximum atomic E-state index is 12.3. The van der Waals surface area contributed by atoms with E-state index in [4.69, 9.17) is 21.7 Å². The molecule has 0 bridgehead atoms. The third-order valence-electron chi connectivity index (χ3n) is 3.32. The summed E-state index contributed by atoms with van der Waals surface area (Å²) < 4.78 is 0. The van der Waals surface area contributed by atoms with Gasteiger partial charge in [-0.25, -0.2) is 0 Å². The summed E-state index contributed by atoms with van der Waals surface area (Å²) in [6.07, 6.45) is -1.91. The van der Waals surface area contributed by atoms with Crippen molar-refractivity contribution in [2.45, 2.75) is 44.0 Å². The quantitative estimate of drug-likeness (QED) is 0.159. The van der Waals surface area contributed by atoms with Crippen LogP contribution in [0, 0.1) is 0 Å². The molecule has 0 spiro atoms. The molecule has 0 saturated heterocycles. The van der Waals surface area contributed by atoms with Crippen LogP contribution in [0.25, 0.3) is 0 Å². The summed E-state index contributed by atoms with van der Waals surface area (Å²) in [6.45, 7) is -0.222. The van der Waals surface area contributed by atoms with Gasteiger partial charge in [0.1, 0.15) is 24.7 Å². The van der Waals surface area contributed by atoms with Crippen LogP contribution in [0.3, 0.4) is 0 Å². The fourth-order valence-corrected chi connectivity index (χ4v) is 1.85. The highest BCUT2D eigenvalue weighted by Crippen LogP contribution is 2.01. The van der Waals surface area contributed by atoms with E-state index in [1.54, 1.807) is 0 Å². The van der Waals surface area contributed by atoms with Crippen LogP contribution >= 0.6 is 0 Å². The Morgan fingerprint density at radius 2 is 1.63 bits per heavy atom. The molecule has 154 valence electrons. The van der Waals surface area contributed by atoms with E-state index in [0.29, 0.717) is 0 Å². The third kappa shape index (κ3) is 9.48. The van der Waals surface area contributed by atoms with Crippen molar-refractivity contribution in [3.8, 4) is 0 Å². The fourth-order valence-electron chi connectivity index (χ4n) is 1.85. The number of aliphatic hydroxyl groups is 2. The van der Waals surface area contributed by atoms with Gasteiger partial charge in [-0.15, -0.1) is 0 Å². The van der Waals surface area contributed by atoms with E-state index in [-0.39, 0.29) is 12.8 Å². The molecule has 0 aliphatic heterocycles. The van der Waals surface area contributed by atoms with Crippen LogP contribution in [0.4, 0.5) is 0 Å². The van der Waals surface area contributed by atoms with Gasteiger partial charge < -0.3 is 42.7 Å². The van der Waals surface area contributed by atoms with Crippen molar-refractivity contribution in [1.29, 1.82) is 0 Å². The van der Waals surface area contributed by atoms with Gasteiger partial charge in [-0.3, -0.25) is 24.0 Å². The molecule has 13 heteroatoms. The molecule has 0 aliphatic carbocycles. The van der Waals surface area contributed by atoms with E-state index in [2.05, 4.69) is 10.6 Å². The number of carbonyl (C=O) groups excluding carboxylic acids is 4. The molecule has 0 heterocycles. The summed E-state index contributed by atoms with van der Waals surface area (Å²) in [7, 11) is 0. The van der Waals surface area contributed by atoms with Gasteiger partial charge in [-0.2, -0.15) is 0 Å². The second-order valence-corrected chi connectivity index (χ2v) is 5.69. The number of nitrogens with two attached hydrogens (primary N) is 2. The molecular weight excluding hydrogens is 366 g/mol. The maximum absolute atomic E-state index is 12.3. The molecule has 0 radical (unpaired) electrons. The van der Waals surface area contributed by atoms with Crippen LogP contribution in [0.15, 0.2) is 0 Å². The number of rotatable bonds is 12. The first-order valence-corrected chi connectivity index (χ1v) is 7.92. The minimum atomic E-state index is -1.52. The molecule has 0 saturated carbocycles. The number of carboxylic acids is 1. The standard InChI is InChI=1S/C14H25N5O8/c1-6(21)11(19-12(25)7(15)5-20)14(27)18-8(2-3-9(16)22)13(26)17-4-10(23)24/h6-8,11,20-21H,2-5,15H2,1H3,(H2,16,22)(H,17,26)(H,18,27)(H,19,25)(H,23,24). The number of amides is 4. The Kier molecular flexibility index (Phi) is 10.6. The summed E-state index contributed by atoms with van der Waals surface area (Å²) in [5, 5.41) is 33.5. The van der Waals surface area contributed by atoms with E-state index < -0.39 is 67.0 Å². The number of aliphatic hydroxyl groups excluding tert-OH is 2. The van der Waals surface area contributed by atoms with Crippen molar-refractivity contribution in [3.05, 3.63) is 0 Å². The molecule has 0 fully saturated rings. The summed E-state index contributed by atoms with van der Waals surface area (Å²) in [5.74, 6) is -4.87. The second-order valence-electron chi connectivity index (χ2n) is 5.69. The van der Waals surface area contributed by atoms with Gasteiger partial charge in [-0.1, -0.05) is 0 Å². The van der Waals surface area contributed by atoms with Gasteiger partial charge in [-0.05, 0) is 13.3 Å². The number of hydrogen-bond acceptors (Lipinski definition) is 8. The highest BCUT2D eigenvalue weighted by molar-refractivity contribution is 5.94. The first-order chi connectivity index (χ1) is 12.5. The molecule has 13 nitrogen and oxygen atoms in total. The average molecular weight is 391 g/mol. The minimum Gasteiger partial charge on any atom is -0.480 e. The Labute approximate surface area is 154 Å². The maximum Gasteiger partial charge on any atom is 0.322 e. The predicted octanol–water partition coefficient (Wildman–Crippen LogP) is -4.88. The smallest absolute Gasteiger partial charge is 0.322 e. The van der Waals surface area contributed by atoms with Crippen LogP contribution in [-0.2, 0) is 24.0 Å². The largest absolute Gasteiger partial charge is 0.480 e. The monoisotopic (exact) mass is 391 g/mol. The average Bonchev–Trinajstić information content (AvgIpc) is 2.59. The molecule has 4 atom stereocenters. The lowest BCUT2D eigenvalue weighted by molar-refractivity contribution is -0.139. The lowest BCUT2D eigenvalue weighted by Crippen LogP contribution is -2.59. The Morgan fingerprint density at radius 1 is 1.04 bits per heavy atom. The second kappa shape index (κ2) is 11.8. The summed E-state index contributed by atoms with van der Waals surface area (Å²) >= 11 is 0. The summed E-state index contributed by atoms with van der Waals surface area (Å²) in [6, 6.07) is -4.18. The Hall–Kier alpha value is -2.77. The first kappa shape index (κ1) is 24.2. The number of hydrogen-bond donors (Lipinski definition) is 8. The fraction of sp³-hybridized carbons (Fsp3) is 0.643. The van der Waals surface area contributed by atoms with Crippen LogP contribution < -0.4 is 27.4 Å². The normalized spacial score (nSPS) is 15.0. The lowest BCUT2D eigenvalue weighted by Gasteiger charge is -2.25. The topological polar surface area (TPSA) is 234 Å². The van der Waals surface area contributed by atoms with Gasteiger partial charge in [0.05, 0.1) is 12.7 Å². The number of carbonyl (C=O) groups is 5. The van der Waals surface area contributed by atoms with Crippen molar-refractivity contribution in [1.82, 2.24) is 16.0 Å². The Balaban J connectivity index is 5.17. The predicted molar refractivity (Wildman–Crippen MR) is 89.7 cm³/mol. The number of carboxylic acid groups (broad SMARTS) is 1. The SMILES string of the molecule is CC(O)C(NC(=O)C(N)CO)C(=O)NC(CCC(N)=O)C(=O)NCC(=O)O. The zero-order valence-corrected chi connectivity index (χ0v) is 14.7. The lowest BCUT2D eigenvalue weighted by atomic mass is 10.1. The van der Waals surface area contributed by atoms with E-state index in [1.165, 1.54) is 6.92 Å². The Morgan fingerprint density at radius 3 is 2.07 bits per heavy atom. The van der Waals surface area contributed by atoms with Crippen LogP contribution in [0.5, 0.6) is 0 Å². The van der Waals surface area contributed by atoms with Crippen LogP contribution in [-0.4, -0.2) is 82.3 Å². The van der Waals surface area contributed by atoms with Crippen LogP contribution in [0.2, 0.25) is 0 Å². The van der Waals surface area contributed by atoms with Crippen LogP contribution in [0.1, 0.15) is 19.8 Å². The van der Waals surface area contributed by atoms with Crippen molar-refractivity contribution >= 4 is 29.6 Å². The molecule has 10 N–H and O–H groups in total.